The van der Waals surface area contributed by atoms with Crippen molar-refractivity contribution < 1.29 is 22.6 Å². The number of fused-ring (bicyclic) bond motifs is 1. The monoisotopic (exact) mass is 273 g/mol. The molecule has 2 rings (SSSR count). The first-order valence-electron chi connectivity index (χ1n) is 5.78. The Labute approximate surface area is 109 Å². The number of nitrogens with zero attached hydrogens (tertiary/aromatic N) is 1. The van der Waals surface area contributed by atoms with Gasteiger partial charge in [-0.3, -0.25) is 4.99 Å². The lowest BCUT2D eigenvalue weighted by Gasteiger charge is -2.21. The second kappa shape index (κ2) is 5.11. The second-order valence-electron chi connectivity index (χ2n) is 4.36. The fraction of sp³-hybridized carbons (Fsp3) is 0.462. The van der Waals surface area contributed by atoms with Crippen molar-refractivity contribution >= 4 is 6.21 Å². The van der Waals surface area contributed by atoms with Gasteiger partial charge in [0.05, 0.1) is 26.7 Å². The van der Waals surface area contributed by atoms with Gasteiger partial charge in [-0.1, -0.05) is 0 Å². The Morgan fingerprint density at radius 2 is 1.84 bits per heavy atom. The Kier molecular flexibility index (Phi) is 3.68. The third-order valence-corrected chi connectivity index (χ3v) is 2.99. The van der Waals surface area contributed by atoms with Crippen LogP contribution in [-0.2, 0) is 6.42 Å². The summed E-state index contributed by atoms with van der Waals surface area (Å²) >= 11 is 0. The fourth-order valence-electron chi connectivity index (χ4n) is 2.12. The maximum atomic E-state index is 12.4. The highest BCUT2D eigenvalue weighted by Crippen LogP contribution is 2.34. The van der Waals surface area contributed by atoms with Crippen LogP contribution in [0.1, 0.15) is 17.5 Å². The number of benzene rings is 1. The van der Waals surface area contributed by atoms with Crippen LogP contribution in [0.2, 0.25) is 0 Å². The smallest absolute Gasteiger partial charge is 0.391 e. The zero-order chi connectivity index (χ0) is 14.0. The van der Waals surface area contributed by atoms with Gasteiger partial charge in [-0.25, -0.2) is 0 Å². The Hall–Kier alpha value is -1.72. The first-order chi connectivity index (χ1) is 8.93. The zero-order valence-electron chi connectivity index (χ0n) is 10.6. The van der Waals surface area contributed by atoms with Gasteiger partial charge in [0.15, 0.2) is 11.5 Å². The van der Waals surface area contributed by atoms with E-state index in [1.807, 2.05) is 0 Å². The summed E-state index contributed by atoms with van der Waals surface area (Å²) < 4.78 is 47.4. The lowest BCUT2D eigenvalue weighted by molar-refractivity contribution is -0.137. The number of halogens is 3. The molecule has 0 radical (unpaired) electrons. The van der Waals surface area contributed by atoms with Crippen LogP contribution < -0.4 is 9.47 Å². The van der Waals surface area contributed by atoms with E-state index >= 15 is 0 Å². The average molecular weight is 273 g/mol. The van der Waals surface area contributed by atoms with Crippen LogP contribution in [0.3, 0.4) is 0 Å². The largest absolute Gasteiger partial charge is 0.493 e. The predicted molar refractivity (Wildman–Crippen MR) is 65.3 cm³/mol. The number of ether oxygens (including phenoxy) is 2. The van der Waals surface area contributed by atoms with E-state index in [2.05, 4.69) is 4.99 Å². The molecular formula is C13H14F3NO2. The van der Waals surface area contributed by atoms with E-state index in [1.54, 1.807) is 12.1 Å². The molecule has 3 nitrogen and oxygen atoms in total. The lowest BCUT2D eigenvalue weighted by atomic mass is 9.95. The molecule has 6 heteroatoms. The number of alkyl halides is 3. The van der Waals surface area contributed by atoms with Gasteiger partial charge in [0.2, 0.25) is 0 Å². The molecule has 19 heavy (non-hydrogen) atoms. The van der Waals surface area contributed by atoms with Gasteiger partial charge in [0.25, 0.3) is 0 Å². The molecule has 0 bridgehead atoms. The number of hydrogen-bond donors (Lipinski definition) is 0. The summed E-state index contributed by atoms with van der Waals surface area (Å²) in [4.78, 5) is 3.95. The van der Waals surface area contributed by atoms with E-state index in [9.17, 15) is 13.2 Å². The molecule has 1 heterocycles. The molecule has 1 unspecified atom stereocenters. The topological polar surface area (TPSA) is 30.8 Å². The van der Waals surface area contributed by atoms with Crippen molar-refractivity contribution in [1.29, 1.82) is 0 Å². The van der Waals surface area contributed by atoms with Gasteiger partial charge in [-0.15, -0.1) is 0 Å². The van der Waals surface area contributed by atoms with E-state index in [1.165, 1.54) is 20.4 Å². The summed E-state index contributed by atoms with van der Waals surface area (Å²) in [5.74, 6) is 1.06. The van der Waals surface area contributed by atoms with Gasteiger partial charge >= 0.3 is 6.18 Å². The molecular weight excluding hydrogens is 259 g/mol. The Morgan fingerprint density at radius 1 is 1.21 bits per heavy atom. The molecule has 104 valence electrons. The van der Waals surface area contributed by atoms with Crippen molar-refractivity contribution in [2.24, 2.45) is 4.99 Å². The summed E-state index contributed by atoms with van der Waals surface area (Å²) in [7, 11) is 3.00. The maximum absolute atomic E-state index is 12.4. The molecule has 0 saturated carbocycles. The molecule has 1 aromatic rings. The van der Waals surface area contributed by atoms with Gasteiger partial charge in [-0.05, 0) is 29.7 Å². The van der Waals surface area contributed by atoms with Crippen molar-refractivity contribution in [2.45, 2.75) is 25.1 Å². The summed E-state index contributed by atoms with van der Waals surface area (Å²) in [5, 5.41) is 0. The minimum Gasteiger partial charge on any atom is -0.493 e. The highest BCUT2D eigenvalue weighted by molar-refractivity contribution is 5.84. The van der Waals surface area contributed by atoms with Gasteiger partial charge in [0.1, 0.15) is 0 Å². The summed E-state index contributed by atoms with van der Waals surface area (Å²) in [6, 6.07) is 2.68. The zero-order valence-corrected chi connectivity index (χ0v) is 10.6. The predicted octanol–water partition coefficient (Wildman–Crippen LogP) is 3.00. The summed E-state index contributed by atoms with van der Waals surface area (Å²) in [5.41, 5.74) is 1.57. The highest BCUT2D eigenvalue weighted by Gasteiger charge is 2.33. The Bertz CT molecular complexity index is 497. The van der Waals surface area contributed by atoms with Gasteiger partial charge in [-0.2, -0.15) is 13.2 Å². The van der Waals surface area contributed by atoms with Crippen molar-refractivity contribution in [2.75, 3.05) is 14.2 Å². The molecule has 1 aromatic carbocycles. The third-order valence-electron chi connectivity index (χ3n) is 2.99. The van der Waals surface area contributed by atoms with E-state index in [4.69, 9.17) is 9.47 Å². The number of rotatable bonds is 3. The van der Waals surface area contributed by atoms with E-state index < -0.39 is 18.6 Å². The molecule has 1 aliphatic rings. The SMILES string of the molecule is COc1cc2c(cc1OC)CC(CC(F)(F)F)N=C2. The molecule has 0 aliphatic carbocycles. The molecule has 0 saturated heterocycles. The van der Waals surface area contributed by atoms with Crippen molar-refractivity contribution in [1.82, 2.24) is 0 Å². The van der Waals surface area contributed by atoms with Crippen LogP contribution in [0.25, 0.3) is 0 Å². The first-order valence-corrected chi connectivity index (χ1v) is 5.78. The highest BCUT2D eigenvalue weighted by atomic mass is 19.4. The van der Waals surface area contributed by atoms with Crippen molar-refractivity contribution in [3.05, 3.63) is 23.3 Å². The lowest BCUT2D eigenvalue weighted by Crippen LogP contribution is -2.23. The summed E-state index contributed by atoms with van der Waals surface area (Å²) in [6.07, 6.45) is -3.38. The van der Waals surface area contributed by atoms with Crippen LogP contribution in [0.5, 0.6) is 11.5 Å². The molecule has 0 amide bonds. The van der Waals surface area contributed by atoms with Crippen LogP contribution in [0.4, 0.5) is 13.2 Å². The van der Waals surface area contributed by atoms with Crippen LogP contribution in [-0.4, -0.2) is 32.7 Å². The van der Waals surface area contributed by atoms with Gasteiger partial charge in [0, 0.05) is 6.21 Å². The Balaban J connectivity index is 2.26. The minimum absolute atomic E-state index is 0.256. The fourth-order valence-corrected chi connectivity index (χ4v) is 2.12. The van der Waals surface area contributed by atoms with Crippen molar-refractivity contribution in [3.63, 3.8) is 0 Å². The molecule has 1 atom stereocenters. The number of hydrogen-bond acceptors (Lipinski definition) is 3. The molecule has 0 fully saturated rings. The molecule has 0 spiro atoms. The second-order valence-corrected chi connectivity index (χ2v) is 4.36. The standard InChI is InChI=1S/C13H14F3NO2/c1-18-11-4-8-3-10(6-13(14,15)16)17-7-9(8)5-12(11)19-2/h4-5,7,10H,3,6H2,1-2H3. The van der Waals surface area contributed by atoms with Gasteiger partial charge < -0.3 is 9.47 Å². The van der Waals surface area contributed by atoms with Crippen LogP contribution in [0, 0.1) is 0 Å². The normalized spacial score (nSPS) is 18.1. The van der Waals surface area contributed by atoms with E-state index in [0.29, 0.717) is 11.5 Å². The Morgan fingerprint density at radius 3 is 2.42 bits per heavy atom. The van der Waals surface area contributed by atoms with Crippen LogP contribution >= 0.6 is 0 Å². The van der Waals surface area contributed by atoms with E-state index in [0.717, 1.165) is 11.1 Å². The quantitative estimate of drug-likeness (QED) is 0.847. The summed E-state index contributed by atoms with van der Waals surface area (Å²) in [6.45, 7) is 0. The molecule has 0 N–H and O–H groups in total. The molecule has 1 aliphatic heterocycles. The maximum Gasteiger partial charge on any atom is 0.391 e. The minimum atomic E-state index is -4.20. The van der Waals surface area contributed by atoms with Crippen LogP contribution in [0.15, 0.2) is 17.1 Å². The average Bonchev–Trinajstić information content (AvgIpc) is 2.35. The third kappa shape index (κ3) is 3.19. The van der Waals surface area contributed by atoms with E-state index in [-0.39, 0.29) is 6.42 Å². The number of aliphatic imine (C=N–C) groups is 1. The first kappa shape index (κ1) is 13.7. The number of methoxy groups -OCH3 is 2. The molecule has 0 aromatic heterocycles. The van der Waals surface area contributed by atoms with Crippen molar-refractivity contribution in [3.8, 4) is 11.5 Å².